The number of aliphatic carboxylic acids is 1. The van der Waals surface area contributed by atoms with Gasteiger partial charge in [-0.25, -0.2) is 28.8 Å². The van der Waals surface area contributed by atoms with E-state index in [1.165, 1.54) is 78.4 Å². The van der Waals surface area contributed by atoms with Crippen LogP contribution in [0.25, 0.3) is 96.8 Å². The molecule has 0 spiro atoms. The molecule has 0 fully saturated rings. The standard InChI is InChI=1S/C21H20N2O3S.C20H18N2O3S.C14H16N2O3.C13H18NS.C11H12N2O3.C10H10N2O.C5H8O2.CH2O3.CH4O.ClH.HI.2K.Na.H2O.H/c1-14-6-5-9-18-20(14)15(13-27-18)12-23-17-8-4-3-7-16(17)22(21(23)25)11-10-19(24)26-2;1-13-5-4-8-17-19(13)14(12-26-17)11-22-16-7-3-2-6-15(16)21(20(22)25)10-9-18(23)24;1-10(2)16-12-7-5-4-6-11(12)15(14(16)18)9-8-13(17)19-3;1-10-6-5-7-12-13(10)11(9-15-12)8-14(2,3)4;1-16-10(14)6-7-13-9-5-3-2-4-8(9)12-11(13)15;1-7(2)12-9-6-4-3-5-8(9)11-10(12)13;1-3-5(6)7-4-2;2-1-4-3;1-2;;;;;;;/h3-9,13H,10-12H2,1-2H3;2-8,12H,9-11H2,1H3,(H,23,24);4-7H,1,8-9H2,2-3H3;5-7,9H,8H2,1-4H3;2-5H,6-7H2,1H3,(H,12,15);3-6H,1H2,2H3,(H,11,13);3H,1,4H2,2H3;1,3H;2H,1H3;2*1H;;;;1H2;/q;;;+1;;;;;;;;3*+1;;-1/p-3. The van der Waals surface area contributed by atoms with Gasteiger partial charge in [0.05, 0.1) is 143 Å². The van der Waals surface area contributed by atoms with E-state index in [1.807, 2.05) is 146 Å². The zero-order chi connectivity index (χ0) is 94.3. The molecular formula is C96H110ClIK2N11NaO20S3. The van der Waals surface area contributed by atoms with Gasteiger partial charge in [-0.15, -0.1) is 46.4 Å². The molecule has 704 valence electrons. The summed E-state index contributed by atoms with van der Waals surface area (Å²) in [5.74, 6) is -2.25. The molecule has 0 bridgehead atoms. The summed E-state index contributed by atoms with van der Waals surface area (Å²) in [6.45, 7) is 25.9. The smallest absolute Gasteiger partial charge is 1.00 e. The molecule has 8 aromatic heterocycles. The van der Waals surface area contributed by atoms with Crippen LogP contribution in [0.15, 0.2) is 242 Å². The van der Waals surface area contributed by atoms with Gasteiger partial charge in [-0.2, -0.15) is 0 Å². The average Bonchev–Trinajstić information content (AvgIpc) is 1.62. The summed E-state index contributed by atoms with van der Waals surface area (Å²) < 4.78 is 36.1. The number of imidazole rings is 5. The maximum atomic E-state index is 13.1. The van der Waals surface area contributed by atoms with Crippen LogP contribution in [0.5, 0.6) is 0 Å². The number of aliphatic hydroxyl groups excluding tert-OH is 1. The van der Waals surface area contributed by atoms with E-state index in [1.54, 1.807) is 68.5 Å². The Labute approximate surface area is 923 Å². The largest absolute Gasteiger partial charge is 1.00 e. The third kappa shape index (κ3) is 32.9. The first-order valence-corrected chi connectivity index (χ1v) is 43.3. The number of allylic oxidation sites excluding steroid dienone is 2. The van der Waals surface area contributed by atoms with Crippen LogP contribution in [-0.4, -0.2) is 159 Å². The third-order valence-corrected chi connectivity index (χ3v) is 23.0. The van der Waals surface area contributed by atoms with E-state index in [2.05, 4.69) is 155 Å². The fourth-order valence-corrected chi connectivity index (χ4v) is 17.5. The Morgan fingerprint density at radius 3 is 1.15 bits per heavy atom. The third-order valence-electron chi connectivity index (χ3n) is 20.0. The second-order valence-corrected chi connectivity index (χ2v) is 32.7. The number of methoxy groups -OCH3 is 3. The normalized spacial score (nSPS) is 10.2. The van der Waals surface area contributed by atoms with E-state index < -0.39 is 5.97 Å². The van der Waals surface area contributed by atoms with Crippen molar-refractivity contribution >= 4 is 180 Å². The van der Waals surface area contributed by atoms with Crippen molar-refractivity contribution < 1.29 is 236 Å². The van der Waals surface area contributed by atoms with Gasteiger partial charge in [-0.05, 0) is 159 Å². The van der Waals surface area contributed by atoms with Gasteiger partial charge in [-0.3, -0.25) is 60.5 Å². The number of benzene rings is 8. The molecule has 16 rings (SSSR count). The van der Waals surface area contributed by atoms with Gasteiger partial charge in [0.1, 0.15) is 6.54 Å². The van der Waals surface area contributed by atoms with E-state index in [9.17, 15) is 47.9 Å². The molecule has 0 radical (unpaired) electrons. The van der Waals surface area contributed by atoms with E-state index in [0.717, 1.165) is 96.2 Å². The number of carbonyl (C=O) groups excluding carboxylic acids is 5. The molecule has 0 atom stereocenters. The van der Waals surface area contributed by atoms with Gasteiger partial charge < -0.3 is 84.6 Å². The minimum absolute atomic E-state index is 0. The van der Waals surface area contributed by atoms with Crippen molar-refractivity contribution in [3.8, 4) is 0 Å². The Bertz CT molecular complexity index is 7010. The summed E-state index contributed by atoms with van der Waals surface area (Å²) in [7, 11) is 11.7. The quantitative estimate of drug-likeness (QED) is 0.00823. The molecule has 0 unspecified atom stereocenters. The fourth-order valence-electron chi connectivity index (χ4n) is 14.4. The van der Waals surface area contributed by atoms with E-state index in [0.29, 0.717) is 45.0 Å². The molecule has 16 aromatic rings. The summed E-state index contributed by atoms with van der Waals surface area (Å²) >= 11 is 5.24. The monoisotopic (exact) mass is 2100 g/mol. The maximum Gasteiger partial charge on any atom is 1.00 e. The molecule has 0 aliphatic heterocycles. The van der Waals surface area contributed by atoms with Crippen molar-refractivity contribution in [2.45, 2.75) is 113 Å². The van der Waals surface area contributed by atoms with Crippen LogP contribution in [0.3, 0.4) is 0 Å². The summed E-state index contributed by atoms with van der Waals surface area (Å²) in [5, 5.41) is 34.8. The number of thiophene rings is 3. The van der Waals surface area contributed by atoms with Gasteiger partial charge >= 0.3 is 191 Å². The molecule has 8 aromatic carbocycles. The number of H-pyrrole nitrogens is 2. The second-order valence-electron chi connectivity index (χ2n) is 30.0. The molecule has 0 amide bonds. The van der Waals surface area contributed by atoms with E-state index >= 15 is 0 Å². The Kier molecular flexibility index (Phi) is 54.4. The van der Waals surface area contributed by atoms with Gasteiger partial charge in [0.25, 0.3) is 6.47 Å². The summed E-state index contributed by atoms with van der Waals surface area (Å²) in [4.78, 5) is 133. The van der Waals surface area contributed by atoms with Gasteiger partial charge in [0.15, 0.2) is 0 Å². The summed E-state index contributed by atoms with van der Waals surface area (Å²) in [5.41, 5.74) is 16.3. The predicted molar refractivity (Wildman–Crippen MR) is 520 cm³/mol. The van der Waals surface area contributed by atoms with Gasteiger partial charge in [0, 0.05) is 92.0 Å². The van der Waals surface area contributed by atoms with Crippen molar-refractivity contribution in [2.24, 2.45) is 0 Å². The van der Waals surface area contributed by atoms with Crippen molar-refractivity contribution in [3.63, 3.8) is 0 Å². The molecule has 39 heteroatoms. The number of aliphatic hydroxyl groups is 1. The fraction of sp³-hybridized carbons (Fsp3) is 0.260. The van der Waals surface area contributed by atoms with E-state index in [4.69, 9.17) is 25.0 Å². The number of aryl methyl sites for hydroxylation is 7. The number of aromatic amines is 2. The van der Waals surface area contributed by atoms with E-state index in [-0.39, 0.29) is 267 Å². The second kappa shape index (κ2) is 60.1. The Balaban J connectivity index is 0.000000798. The zero-order valence-electron chi connectivity index (χ0n) is 79.6. The first kappa shape index (κ1) is 122. The Morgan fingerprint density at radius 2 is 0.793 bits per heavy atom. The predicted octanol–water partition coefficient (Wildman–Crippen LogP) is 2.92. The molecule has 8 heterocycles. The number of nitrogens with zero attached hydrogens (tertiary/aromatic N) is 9. The summed E-state index contributed by atoms with van der Waals surface area (Å²) in [6, 6.07) is 56.7. The number of para-hydroxylation sites is 10. The van der Waals surface area contributed by atoms with Crippen LogP contribution in [0.4, 0.5) is 0 Å². The zero-order valence-corrected chi connectivity index (χ0v) is 92.2. The number of hydrogen-bond acceptors (Lipinski definition) is 22. The van der Waals surface area contributed by atoms with Crippen LogP contribution in [0, 0.1) is 20.8 Å². The molecular weight excluding hydrogens is 1990 g/mol. The number of aromatic nitrogens is 10. The van der Waals surface area contributed by atoms with Crippen LogP contribution in [-0.2, 0) is 98.4 Å². The number of fused-ring (bicyclic) bond motifs is 8. The first-order valence-electron chi connectivity index (χ1n) is 40.7. The number of rotatable bonds is 23. The molecule has 31 nitrogen and oxygen atoms in total. The topological polar surface area (TPSA) is 398 Å². The molecule has 0 aliphatic carbocycles. The van der Waals surface area contributed by atoms with Gasteiger partial charge in [0.2, 0.25) is 0 Å². The Morgan fingerprint density at radius 1 is 0.474 bits per heavy atom. The van der Waals surface area contributed by atoms with Gasteiger partial charge in [-0.1, -0.05) is 117 Å². The molecule has 135 heavy (non-hydrogen) atoms. The molecule has 0 aliphatic rings. The molecule has 0 saturated carbocycles. The average molecular weight is 2100 g/mol. The van der Waals surface area contributed by atoms with Crippen molar-refractivity contribution in [1.82, 2.24) is 46.5 Å². The van der Waals surface area contributed by atoms with Crippen LogP contribution < -0.4 is 190 Å². The van der Waals surface area contributed by atoms with Crippen LogP contribution >= 0.6 is 46.4 Å². The number of ether oxygens (including phenoxy) is 4. The molecule has 5 N–H and O–H groups in total. The van der Waals surface area contributed by atoms with Crippen LogP contribution in [0.2, 0.25) is 0 Å². The number of carboxylic acids is 1. The number of hydrogen-bond donors (Lipinski definition) is 4. The summed E-state index contributed by atoms with van der Waals surface area (Å²) in [6.07, 6.45) is 1.60. The van der Waals surface area contributed by atoms with Crippen LogP contribution in [0.1, 0.15) is 81.3 Å². The van der Waals surface area contributed by atoms with Crippen molar-refractivity contribution in [1.29, 1.82) is 0 Å². The van der Waals surface area contributed by atoms with Crippen molar-refractivity contribution in [3.05, 3.63) is 304 Å². The maximum absolute atomic E-state index is 13.1. The Hall–Kier alpha value is -8.84. The minimum atomic E-state index is -0.909. The molecule has 0 saturated heterocycles. The number of halogens is 2. The number of carboxylic acid groups (broad SMARTS) is 1. The number of nitrogens with one attached hydrogen (secondary N) is 2. The number of carbonyl (C=O) groups is 6. The number of esters is 4. The minimum Gasteiger partial charge on any atom is -1.00 e. The first-order chi connectivity index (χ1) is 61.8. The van der Waals surface area contributed by atoms with Crippen molar-refractivity contribution in [2.75, 3.05) is 56.2 Å². The SMILES string of the molecule is C=C(C)n1c(=O)[nH]c2ccccc21.C=C(C)n1c(=O)n(CCC(=O)OC)c2ccccc21.C=CC(=O)OCC.CO.COC(=O)CCn1c(=O)[nH]c2ccccc21.COC(=O)CCn1c(=O)n(Cc2csc3cccc(C)c23)c2ccccc21.Cc1cccc2scc(C[N+](C)(C)C)c12.Cc1cccc2scc(Cn3c(=O)n(CCC(=O)O)c4ccccc43)c12.Cl.O=CO[O-].[H-].[I-].[K+].[K+].[Na+].[OH-]. The number of quaternary nitrogens is 1.